The van der Waals surface area contributed by atoms with Crippen LogP contribution in [-0.4, -0.2) is 15.0 Å². The van der Waals surface area contributed by atoms with Crippen molar-refractivity contribution in [2.45, 2.75) is 13.1 Å². The first-order chi connectivity index (χ1) is 14.4. The topological polar surface area (TPSA) is 73.1 Å². The molecule has 4 rings (SSSR count). The zero-order chi connectivity index (χ0) is 21.3. The summed E-state index contributed by atoms with van der Waals surface area (Å²) in [5.74, 6) is -1.64. The van der Waals surface area contributed by atoms with E-state index in [1.807, 2.05) is 0 Å². The van der Waals surface area contributed by atoms with E-state index >= 15 is 0 Å². The average Bonchev–Trinajstić information content (AvgIpc) is 3.22. The highest BCUT2D eigenvalue weighted by atomic mass is 32.1. The lowest BCUT2D eigenvalue weighted by molar-refractivity contribution is -0.116. The highest BCUT2D eigenvalue weighted by molar-refractivity contribution is 7.17. The first-order valence-electron chi connectivity index (χ1n) is 8.93. The molecule has 0 unspecified atom stereocenters. The van der Waals surface area contributed by atoms with Crippen LogP contribution in [0.25, 0.3) is 10.2 Å². The molecular weight excluding hydrogens is 412 g/mol. The van der Waals surface area contributed by atoms with E-state index in [1.54, 1.807) is 17.5 Å². The number of nitrogens with zero attached hydrogens (tertiary/aromatic N) is 2. The highest BCUT2D eigenvalue weighted by Gasteiger charge is 2.17. The highest BCUT2D eigenvalue weighted by Crippen LogP contribution is 2.17. The van der Waals surface area contributed by atoms with Crippen LogP contribution in [0.2, 0.25) is 0 Å². The van der Waals surface area contributed by atoms with Crippen molar-refractivity contribution in [1.82, 2.24) is 9.13 Å². The van der Waals surface area contributed by atoms with Crippen molar-refractivity contribution in [3.63, 3.8) is 0 Å². The van der Waals surface area contributed by atoms with Gasteiger partial charge in [-0.25, -0.2) is 13.6 Å². The predicted octanol–water partition coefficient (Wildman–Crippen LogP) is 3.19. The molecule has 4 aromatic rings. The van der Waals surface area contributed by atoms with Crippen molar-refractivity contribution < 1.29 is 13.6 Å². The zero-order valence-corrected chi connectivity index (χ0v) is 16.3. The van der Waals surface area contributed by atoms with Crippen LogP contribution in [0, 0.1) is 11.6 Å². The Labute approximate surface area is 172 Å². The van der Waals surface area contributed by atoms with Gasteiger partial charge in [0.05, 0.1) is 17.7 Å². The van der Waals surface area contributed by atoms with Gasteiger partial charge < -0.3 is 5.32 Å². The number of benzene rings is 2. The Balaban J connectivity index is 1.72. The third-order valence-electron chi connectivity index (χ3n) is 4.54. The van der Waals surface area contributed by atoms with Crippen molar-refractivity contribution >= 4 is 33.1 Å². The Kier molecular flexibility index (Phi) is 5.28. The number of aromatic nitrogens is 2. The Bertz CT molecular complexity index is 1360. The molecule has 0 bridgehead atoms. The number of nitrogens with one attached hydrogen (secondary N) is 1. The Hall–Kier alpha value is -3.59. The van der Waals surface area contributed by atoms with E-state index in [-0.39, 0.29) is 12.2 Å². The lowest BCUT2D eigenvalue weighted by Gasteiger charge is -2.13. The standard InChI is InChI=1S/C21H15F2N3O3S/c22-14-7-5-13(6-8-14)11-26-20(28)19-17(9-10-30-19)25(21(26)29)12-18(27)24-16-4-2-1-3-15(16)23/h1-10H,11-12H2,(H,24,27). The molecule has 0 spiro atoms. The van der Waals surface area contributed by atoms with Gasteiger partial charge in [0.2, 0.25) is 5.91 Å². The van der Waals surface area contributed by atoms with Gasteiger partial charge in [-0.2, -0.15) is 0 Å². The lowest BCUT2D eigenvalue weighted by atomic mass is 10.2. The summed E-state index contributed by atoms with van der Waals surface area (Å²) in [5, 5.41) is 4.09. The number of fused-ring (bicyclic) bond motifs is 1. The molecule has 0 atom stereocenters. The van der Waals surface area contributed by atoms with E-state index in [0.29, 0.717) is 15.8 Å². The number of para-hydroxylation sites is 1. The van der Waals surface area contributed by atoms with Gasteiger partial charge in [-0.15, -0.1) is 11.3 Å². The van der Waals surface area contributed by atoms with Crippen molar-refractivity contribution in [1.29, 1.82) is 0 Å². The molecule has 0 aliphatic carbocycles. The molecule has 0 saturated heterocycles. The molecule has 2 aromatic heterocycles. The van der Waals surface area contributed by atoms with Crippen molar-refractivity contribution in [3.8, 4) is 0 Å². The van der Waals surface area contributed by atoms with E-state index in [2.05, 4.69) is 5.32 Å². The maximum Gasteiger partial charge on any atom is 0.332 e. The Morgan fingerprint density at radius 1 is 0.967 bits per heavy atom. The minimum Gasteiger partial charge on any atom is -0.322 e. The first kappa shape index (κ1) is 19.7. The second kappa shape index (κ2) is 8.03. The predicted molar refractivity (Wildman–Crippen MR) is 111 cm³/mol. The normalized spacial score (nSPS) is 11.0. The SMILES string of the molecule is O=C(Cn1c(=O)n(Cc2ccc(F)cc2)c(=O)c2sccc21)Nc1ccccc1F. The van der Waals surface area contributed by atoms with Gasteiger partial charge in [0, 0.05) is 0 Å². The second-order valence-electron chi connectivity index (χ2n) is 6.55. The van der Waals surface area contributed by atoms with Crippen LogP contribution in [0.5, 0.6) is 0 Å². The third kappa shape index (κ3) is 3.79. The van der Waals surface area contributed by atoms with Gasteiger partial charge in [-0.05, 0) is 41.3 Å². The molecule has 9 heteroatoms. The quantitative estimate of drug-likeness (QED) is 0.532. The second-order valence-corrected chi connectivity index (χ2v) is 7.47. The summed E-state index contributed by atoms with van der Waals surface area (Å²) in [4.78, 5) is 38.3. The number of halogens is 2. The average molecular weight is 427 g/mol. The molecule has 0 aliphatic heterocycles. The monoisotopic (exact) mass is 427 g/mol. The van der Waals surface area contributed by atoms with E-state index < -0.39 is 35.3 Å². The largest absolute Gasteiger partial charge is 0.332 e. The third-order valence-corrected chi connectivity index (χ3v) is 5.43. The summed E-state index contributed by atoms with van der Waals surface area (Å²) in [6.07, 6.45) is 0. The molecule has 6 nitrogen and oxygen atoms in total. The summed E-state index contributed by atoms with van der Waals surface area (Å²) < 4.78 is 29.5. The smallest absolute Gasteiger partial charge is 0.322 e. The number of hydrogen-bond acceptors (Lipinski definition) is 4. The lowest BCUT2D eigenvalue weighted by Crippen LogP contribution is -2.41. The molecular formula is C21H15F2N3O3S. The minimum absolute atomic E-state index is 0.00301. The summed E-state index contributed by atoms with van der Waals surface area (Å²) in [6, 6.07) is 12.7. The van der Waals surface area contributed by atoms with Gasteiger partial charge >= 0.3 is 5.69 Å². The number of amides is 1. The van der Waals surface area contributed by atoms with Gasteiger partial charge in [0.25, 0.3) is 5.56 Å². The van der Waals surface area contributed by atoms with E-state index in [1.165, 1.54) is 47.0 Å². The molecule has 0 aliphatic rings. The van der Waals surface area contributed by atoms with Crippen LogP contribution < -0.4 is 16.6 Å². The van der Waals surface area contributed by atoms with Crippen LogP contribution in [0.4, 0.5) is 14.5 Å². The van der Waals surface area contributed by atoms with E-state index in [0.717, 1.165) is 15.9 Å². The maximum absolute atomic E-state index is 13.8. The molecule has 0 saturated carbocycles. The molecule has 2 heterocycles. The number of rotatable bonds is 5. The van der Waals surface area contributed by atoms with Crippen molar-refractivity contribution in [2.75, 3.05) is 5.32 Å². The summed E-state index contributed by atoms with van der Waals surface area (Å²) in [5.41, 5.74) is -0.279. The fourth-order valence-corrected chi connectivity index (χ4v) is 3.94. The van der Waals surface area contributed by atoms with Gasteiger partial charge in [0.15, 0.2) is 0 Å². The first-order valence-corrected chi connectivity index (χ1v) is 9.81. The zero-order valence-electron chi connectivity index (χ0n) is 15.5. The van der Waals surface area contributed by atoms with Gasteiger partial charge in [-0.3, -0.25) is 18.7 Å². The summed E-state index contributed by atoms with van der Waals surface area (Å²) in [7, 11) is 0. The van der Waals surface area contributed by atoms with Gasteiger partial charge in [0.1, 0.15) is 22.9 Å². The van der Waals surface area contributed by atoms with E-state index in [9.17, 15) is 23.2 Å². The number of hydrogen-bond donors (Lipinski definition) is 1. The molecule has 0 fully saturated rings. The fraction of sp³-hybridized carbons (Fsp3) is 0.0952. The van der Waals surface area contributed by atoms with Crippen molar-refractivity contribution in [3.05, 3.63) is 98.0 Å². The van der Waals surface area contributed by atoms with E-state index in [4.69, 9.17) is 0 Å². The van der Waals surface area contributed by atoms with Crippen LogP contribution in [0.15, 0.2) is 69.6 Å². The molecule has 152 valence electrons. The van der Waals surface area contributed by atoms with Gasteiger partial charge in [-0.1, -0.05) is 24.3 Å². The molecule has 2 aromatic carbocycles. The summed E-state index contributed by atoms with van der Waals surface area (Å²) in [6.45, 7) is -0.467. The number of carbonyl (C=O) groups is 1. The molecule has 1 N–H and O–H groups in total. The van der Waals surface area contributed by atoms with Crippen LogP contribution in [0.1, 0.15) is 5.56 Å². The molecule has 0 radical (unpaired) electrons. The number of carbonyl (C=O) groups excluding carboxylic acids is 1. The van der Waals surface area contributed by atoms with Crippen LogP contribution in [0.3, 0.4) is 0 Å². The molecule has 1 amide bonds. The fourth-order valence-electron chi connectivity index (χ4n) is 3.09. The molecule has 30 heavy (non-hydrogen) atoms. The Morgan fingerprint density at radius 2 is 1.70 bits per heavy atom. The van der Waals surface area contributed by atoms with Crippen LogP contribution >= 0.6 is 11.3 Å². The van der Waals surface area contributed by atoms with Crippen LogP contribution in [-0.2, 0) is 17.9 Å². The maximum atomic E-state index is 13.8. The number of anilines is 1. The van der Waals surface area contributed by atoms with Crippen molar-refractivity contribution in [2.24, 2.45) is 0 Å². The minimum atomic E-state index is -0.682. The summed E-state index contributed by atoms with van der Waals surface area (Å²) >= 11 is 1.15. The Morgan fingerprint density at radius 3 is 2.43 bits per heavy atom. The number of thiophene rings is 1.